The minimum absolute atomic E-state index is 0.0421. The van der Waals surface area contributed by atoms with E-state index in [0.717, 1.165) is 33.4 Å². The van der Waals surface area contributed by atoms with Crippen LogP contribution in [0.3, 0.4) is 0 Å². The van der Waals surface area contributed by atoms with Crippen molar-refractivity contribution in [3.63, 3.8) is 0 Å². The number of fused-ring (bicyclic) bond motifs is 5. The van der Waals surface area contributed by atoms with Crippen LogP contribution in [0.4, 0.5) is 4.79 Å². The molecule has 236 valence electrons. The van der Waals surface area contributed by atoms with Gasteiger partial charge in [0.2, 0.25) is 5.79 Å². The monoisotopic (exact) mass is 629 g/mol. The van der Waals surface area contributed by atoms with Crippen LogP contribution >= 0.6 is 0 Å². The molecule has 9 nitrogen and oxygen atoms in total. The summed E-state index contributed by atoms with van der Waals surface area (Å²) in [5.41, 5.74) is 3.97. The Morgan fingerprint density at radius 3 is 2.47 bits per heavy atom. The molecule has 2 amide bonds. The topological polar surface area (TPSA) is 106 Å². The number of nitrogens with zero attached hydrogens (tertiary/aromatic N) is 1. The largest absolute Gasteiger partial charge is 0.493 e. The van der Waals surface area contributed by atoms with Gasteiger partial charge >= 0.3 is 6.03 Å². The summed E-state index contributed by atoms with van der Waals surface area (Å²) in [6.07, 6.45) is 5.92. The van der Waals surface area contributed by atoms with E-state index in [9.17, 15) is 13.2 Å². The zero-order valence-corrected chi connectivity index (χ0v) is 26.9. The number of hydrogen-bond acceptors (Lipinski definition) is 7. The zero-order valence-electron chi connectivity index (χ0n) is 26.1. The van der Waals surface area contributed by atoms with Gasteiger partial charge in [-0.25, -0.2) is 17.9 Å². The van der Waals surface area contributed by atoms with E-state index < -0.39 is 33.0 Å². The number of rotatable bonds is 10. The van der Waals surface area contributed by atoms with Crippen molar-refractivity contribution >= 4 is 26.8 Å². The van der Waals surface area contributed by atoms with E-state index in [1.165, 1.54) is 23.3 Å². The first-order chi connectivity index (χ1) is 21.5. The number of ether oxygens (including phenoxy) is 3. The Morgan fingerprint density at radius 2 is 1.76 bits per heavy atom. The molecular formula is C35H39N3O6S. The van der Waals surface area contributed by atoms with Crippen LogP contribution in [0.2, 0.25) is 0 Å². The van der Waals surface area contributed by atoms with Gasteiger partial charge in [0, 0.05) is 42.6 Å². The maximum absolute atomic E-state index is 13.1. The van der Waals surface area contributed by atoms with E-state index >= 15 is 0 Å². The van der Waals surface area contributed by atoms with Crippen molar-refractivity contribution in [2.24, 2.45) is 0 Å². The standard InChI is InChI=1S/C35H39N3O6S/c1-5-42-29-9-7-8-25-12-13-26-20-38(21-28(26)30(25)29)31-24(4)35(43-6-2)19-18-34(31,44-35)22-33(16-17-33)36-32(39)37-45(40,41)27-14-10-23(3)11-15-27/h7-15,18-19H,5-6,16-17,20-22H2,1-4H3,(H2,36,37,39). The third kappa shape index (κ3) is 4.99. The average Bonchev–Trinajstić information content (AvgIpc) is 3.33. The van der Waals surface area contributed by atoms with Gasteiger partial charge in [0.15, 0.2) is 0 Å². The molecule has 2 atom stereocenters. The molecule has 7 rings (SSSR count). The molecule has 0 spiro atoms. The second-order valence-electron chi connectivity index (χ2n) is 12.6. The minimum atomic E-state index is -4.02. The Hall–Kier alpha value is -3.86. The molecule has 2 bridgehead atoms. The summed E-state index contributed by atoms with van der Waals surface area (Å²) in [6.45, 7) is 10.3. The zero-order chi connectivity index (χ0) is 31.6. The fourth-order valence-electron chi connectivity index (χ4n) is 7.32. The Morgan fingerprint density at radius 1 is 0.978 bits per heavy atom. The predicted octanol–water partition coefficient (Wildman–Crippen LogP) is 5.82. The summed E-state index contributed by atoms with van der Waals surface area (Å²) in [6, 6.07) is 16.2. The number of aryl methyl sites for hydroxylation is 1. The first kappa shape index (κ1) is 29.8. The molecule has 3 aromatic carbocycles. The Labute approximate surface area is 264 Å². The van der Waals surface area contributed by atoms with Gasteiger partial charge < -0.3 is 24.4 Å². The van der Waals surface area contributed by atoms with Crippen molar-refractivity contribution in [3.8, 4) is 5.75 Å². The second-order valence-corrected chi connectivity index (χ2v) is 14.3. The normalized spacial score (nSPS) is 24.3. The third-order valence-corrected chi connectivity index (χ3v) is 10.8. The van der Waals surface area contributed by atoms with Crippen molar-refractivity contribution in [2.45, 2.75) is 81.9 Å². The summed E-state index contributed by atoms with van der Waals surface area (Å²) >= 11 is 0. The maximum Gasteiger partial charge on any atom is 0.329 e. The fraction of sp³-hybridized carbons (Fsp3) is 0.400. The molecule has 2 N–H and O–H groups in total. The van der Waals surface area contributed by atoms with Gasteiger partial charge in [0.05, 0.1) is 17.2 Å². The van der Waals surface area contributed by atoms with Gasteiger partial charge in [0.1, 0.15) is 11.4 Å². The molecule has 2 unspecified atom stereocenters. The van der Waals surface area contributed by atoms with Crippen molar-refractivity contribution in [2.75, 3.05) is 13.2 Å². The van der Waals surface area contributed by atoms with Crippen LogP contribution in [-0.4, -0.2) is 49.5 Å². The van der Waals surface area contributed by atoms with Gasteiger partial charge in [-0.2, -0.15) is 0 Å². The highest BCUT2D eigenvalue weighted by atomic mass is 32.2. The van der Waals surface area contributed by atoms with E-state index in [0.29, 0.717) is 45.6 Å². The van der Waals surface area contributed by atoms with E-state index in [1.54, 1.807) is 12.1 Å². The van der Waals surface area contributed by atoms with E-state index in [1.807, 2.05) is 39.0 Å². The van der Waals surface area contributed by atoms with Gasteiger partial charge in [-0.3, -0.25) is 0 Å². The summed E-state index contributed by atoms with van der Waals surface area (Å²) in [4.78, 5) is 15.5. The molecule has 0 saturated heterocycles. The summed E-state index contributed by atoms with van der Waals surface area (Å²) in [5, 5.41) is 5.28. The first-order valence-electron chi connectivity index (χ1n) is 15.6. The number of sulfonamides is 1. The van der Waals surface area contributed by atoms with Crippen LogP contribution < -0.4 is 14.8 Å². The van der Waals surface area contributed by atoms with Crippen LogP contribution in [0.5, 0.6) is 5.75 Å². The predicted molar refractivity (Wildman–Crippen MR) is 171 cm³/mol. The Kier molecular flexibility index (Phi) is 7.03. The summed E-state index contributed by atoms with van der Waals surface area (Å²) in [7, 11) is -4.02. The number of carbonyl (C=O) groups is 1. The molecule has 3 aliphatic heterocycles. The van der Waals surface area contributed by atoms with E-state index in [2.05, 4.69) is 46.1 Å². The van der Waals surface area contributed by atoms with Gasteiger partial charge in [-0.05, 0) is 87.4 Å². The fourth-order valence-corrected chi connectivity index (χ4v) is 8.23. The van der Waals surface area contributed by atoms with Crippen molar-refractivity contribution in [3.05, 3.63) is 94.7 Å². The van der Waals surface area contributed by atoms with Crippen molar-refractivity contribution in [1.82, 2.24) is 14.9 Å². The number of hydrogen-bond donors (Lipinski definition) is 2. The quantitative estimate of drug-likeness (QED) is 0.272. The third-order valence-electron chi connectivity index (χ3n) is 9.47. The molecular weight excluding hydrogens is 590 g/mol. The lowest BCUT2D eigenvalue weighted by Crippen LogP contribution is -2.50. The van der Waals surface area contributed by atoms with Crippen LogP contribution in [0.25, 0.3) is 10.8 Å². The number of nitrogens with one attached hydrogen (secondary N) is 2. The smallest absolute Gasteiger partial charge is 0.329 e. The molecule has 0 radical (unpaired) electrons. The lowest BCUT2D eigenvalue weighted by Gasteiger charge is -2.36. The van der Waals surface area contributed by atoms with Gasteiger partial charge in [-0.15, -0.1) is 0 Å². The van der Waals surface area contributed by atoms with Crippen LogP contribution in [0.15, 0.2) is 82.9 Å². The van der Waals surface area contributed by atoms with Crippen molar-refractivity contribution in [1.29, 1.82) is 0 Å². The molecule has 1 aliphatic carbocycles. The first-order valence-corrected chi connectivity index (χ1v) is 17.1. The number of amides is 2. The van der Waals surface area contributed by atoms with E-state index in [-0.39, 0.29) is 4.90 Å². The minimum Gasteiger partial charge on any atom is -0.493 e. The number of benzene rings is 3. The lowest BCUT2D eigenvalue weighted by atomic mass is 9.84. The lowest BCUT2D eigenvalue weighted by molar-refractivity contribution is -0.189. The number of urea groups is 1. The molecule has 10 heteroatoms. The molecule has 4 aliphatic rings. The highest BCUT2D eigenvalue weighted by Crippen LogP contribution is 2.58. The van der Waals surface area contributed by atoms with Crippen LogP contribution in [0, 0.1) is 6.92 Å². The van der Waals surface area contributed by atoms with Crippen LogP contribution in [0.1, 0.15) is 56.7 Å². The molecule has 1 saturated carbocycles. The Balaban J connectivity index is 1.17. The molecule has 45 heavy (non-hydrogen) atoms. The summed E-state index contributed by atoms with van der Waals surface area (Å²) < 4.78 is 47.2. The number of carbonyl (C=O) groups excluding carboxylic acids is 1. The van der Waals surface area contributed by atoms with Crippen LogP contribution in [-0.2, 0) is 32.6 Å². The highest BCUT2D eigenvalue weighted by Gasteiger charge is 2.63. The highest BCUT2D eigenvalue weighted by molar-refractivity contribution is 7.90. The molecule has 0 aromatic heterocycles. The van der Waals surface area contributed by atoms with Gasteiger partial charge in [0.25, 0.3) is 10.0 Å². The maximum atomic E-state index is 13.1. The van der Waals surface area contributed by atoms with Gasteiger partial charge in [-0.1, -0.05) is 42.0 Å². The SMILES string of the molecule is CCOc1cccc2ccc3c(c12)CN(C1=C(C)C2(OCC)C=CC1(CC1(NC(=O)NS(=O)(=O)c4ccc(C)cc4)CC1)O2)C3. The molecule has 3 heterocycles. The van der Waals surface area contributed by atoms with Crippen molar-refractivity contribution < 1.29 is 27.4 Å². The van der Waals surface area contributed by atoms with E-state index in [4.69, 9.17) is 14.2 Å². The second kappa shape index (κ2) is 10.6. The Bertz CT molecular complexity index is 1860. The average molecular weight is 630 g/mol. The molecule has 3 aromatic rings. The molecule has 1 fully saturated rings. The summed E-state index contributed by atoms with van der Waals surface area (Å²) in [5.74, 6) is -0.0958.